The van der Waals surface area contributed by atoms with Crippen LogP contribution in [0.4, 0.5) is 5.69 Å². The molecule has 1 unspecified atom stereocenters. The van der Waals surface area contributed by atoms with Crippen molar-refractivity contribution in [3.63, 3.8) is 0 Å². The number of rotatable bonds is 4. The van der Waals surface area contributed by atoms with Gasteiger partial charge in [0.15, 0.2) is 0 Å². The fraction of sp³-hybridized carbons (Fsp3) is 0.417. The van der Waals surface area contributed by atoms with Gasteiger partial charge < -0.3 is 10.0 Å². The summed E-state index contributed by atoms with van der Waals surface area (Å²) in [6.07, 6.45) is -0.678. The van der Waals surface area contributed by atoms with Crippen LogP contribution >= 0.6 is 0 Å². The molecule has 6 nitrogen and oxygen atoms in total. The third-order valence-corrected chi connectivity index (χ3v) is 2.54. The van der Waals surface area contributed by atoms with E-state index in [2.05, 4.69) is 0 Å². The van der Waals surface area contributed by atoms with Crippen LogP contribution in [0, 0.1) is 17.0 Å². The maximum atomic E-state index is 12.1. The molecule has 0 aliphatic heterocycles. The number of benzene rings is 1. The molecule has 0 aromatic heterocycles. The van der Waals surface area contributed by atoms with Gasteiger partial charge >= 0.3 is 0 Å². The minimum atomic E-state index is -0.678. The number of carbonyl (C=O) groups is 1. The number of nitro groups is 1. The van der Waals surface area contributed by atoms with Crippen LogP contribution in [-0.4, -0.2) is 40.5 Å². The number of amides is 1. The van der Waals surface area contributed by atoms with E-state index in [0.29, 0.717) is 5.56 Å². The highest BCUT2D eigenvalue weighted by Gasteiger charge is 2.24. The van der Waals surface area contributed by atoms with Gasteiger partial charge in [-0.25, -0.2) is 0 Å². The summed E-state index contributed by atoms with van der Waals surface area (Å²) in [5.74, 6) is -0.466. The molecule has 0 saturated carbocycles. The van der Waals surface area contributed by atoms with Crippen LogP contribution in [0.15, 0.2) is 18.2 Å². The molecule has 1 amide bonds. The molecule has 18 heavy (non-hydrogen) atoms. The normalized spacial score (nSPS) is 12.0. The van der Waals surface area contributed by atoms with Crippen molar-refractivity contribution in [2.45, 2.75) is 20.0 Å². The zero-order chi connectivity index (χ0) is 13.9. The average molecular weight is 252 g/mol. The van der Waals surface area contributed by atoms with Crippen molar-refractivity contribution in [1.29, 1.82) is 0 Å². The van der Waals surface area contributed by atoms with Gasteiger partial charge in [0.2, 0.25) is 0 Å². The second kappa shape index (κ2) is 5.59. The molecular formula is C12H16N2O4. The molecule has 0 spiro atoms. The van der Waals surface area contributed by atoms with Crippen molar-refractivity contribution in [2.75, 3.05) is 13.6 Å². The molecule has 0 radical (unpaired) electrons. The molecule has 0 heterocycles. The van der Waals surface area contributed by atoms with Crippen molar-refractivity contribution < 1.29 is 14.8 Å². The van der Waals surface area contributed by atoms with E-state index < -0.39 is 16.9 Å². The number of likely N-dealkylation sites (N-methyl/N-ethyl adjacent to an activating group) is 1. The second-order valence-corrected chi connectivity index (χ2v) is 4.26. The van der Waals surface area contributed by atoms with E-state index in [1.165, 1.54) is 18.0 Å². The van der Waals surface area contributed by atoms with Gasteiger partial charge in [0.1, 0.15) is 5.56 Å². The Morgan fingerprint density at radius 3 is 2.67 bits per heavy atom. The van der Waals surface area contributed by atoms with E-state index in [0.717, 1.165) is 0 Å². The summed E-state index contributed by atoms with van der Waals surface area (Å²) in [6.45, 7) is 3.27. The van der Waals surface area contributed by atoms with Gasteiger partial charge in [-0.1, -0.05) is 12.1 Å². The minimum Gasteiger partial charge on any atom is -0.392 e. The number of para-hydroxylation sites is 1. The first-order valence-electron chi connectivity index (χ1n) is 5.52. The Balaban J connectivity index is 3.13. The Labute approximate surface area is 105 Å². The van der Waals surface area contributed by atoms with Gasteiger partial charge in [0.05, 0.1) is 11.0 Å². The lowest BCUT2D eigenvalue weighted by Gasteiger charge is -2.18. The zero-order valence-electron chi connectivity index (χ0n) is 10.6. The molecule has 1 aromatic carbocycles. The standard InChI is InChI=1S/C12H16N2O4/c1-8-5-4-6-10(11(8)14(17)18)12(16)13(3)7-9(2)15/h4-6,9,15H,7H2,1-3H3. The maximum Gasteiger partial charge on any atom is 0.285 e. The highest BCUT2D eigenvalue weighted by Crippen LogP contribution is 2.24. The minimum absolute atomic E-state index is 0.0446. The predicted octanol–water partition coefficient (Wildman–Crippen LogP) is 1.36. The zero-order valence-corrected chi connectivity index (χ0v) is 10.6. The lowest BCUT2D eigenvalue weighted by Crippen LogP contribution is -2.33. The van der Waals surface area contributed by atoms with E-state index in [1.54, 1.807) is 26.0 Å². The molecular weight excluding hydrogens is 236 g/mol. The van der Waals surface area contributed by atoms with Gasteiger partial charge in [0.25, 0.3) is 11.6 Å². The van der Waals surface area contributed by atoms with Gasteiger partial charge in [-0.05, 0) is 19.9 Å². The highest BCUT2D eigenvalue weighted by molar-refractivity contribution is 5.98. The van der Waals surface area contributed by atoms with Gasteiger partial charge in [-0.2, -0.15) is 0 Å². The van der Waals surface area contributed by atoms with Crippen LogP contribution in [0.5, 0.6) is 0 Å². The number of aliphatic hydroxyl groups excluding tert-OH is 1. The summed E-state index contributed by atoms with van der Waals surface area (Å²) in [5.41, 5.74) is 0.305. The molecule has 1 atom stereocenters. The summed E-state index contributed by atoms with van der Waals surface area (Å²) >= 11 is 0. The molecule has 1 N–H and O–H groups in total. The Kier molecular flexibility index (Phi) is 4.38. The fourth-order valence-electron chi connectivity index (χ4n) is 1.76. The molecule has 0 saturated heterocycles. The van der Waals surface area contributed by atoms with Crippen molar-refractivity contribution in [3.05, 3.63) is 39.4 Å². The number of nitro benzene ring substituents is 1. The summed E-state index contributed by atoms with van der Waals surface area (Å²) < 4.78 is 0. The molecule has 1 aromatic rings. The monoisotopic (exact) mass is 252 g/mol. The number of nitrogens with zero attached hydrogens (tertiary/aromatic N) is 2. The lowest BCUT2D eigenvalue weighted by molar-refractivity contribution is -0.385. The van der Waals surface area contributed by atoms with Crippen molar-refractivity contribution in [1.82, 2.24) is 4.90 Å². The van der Waals surface area contributed by atoms with E-state index in [9.17, 15) is 20.0 Å². The summed E-state index contributed by atoms with van der Waals surface area (Å²) in [7, 11) is 1.50. The number of carbonyl (C=O) groups excluding carboxylic acids is 1. The number of hydrogen-bond acceptors (Lipinski definition) is 4. The number of aryl methyl sites for hydroxylation is 1. The summed E-state index contributed by atoms with van der Waals surface area (Å²) in [6, 6.07) is 4.61. The van der Waals surface area contributed by atoms with Gasteiger partial charge in [-0.15, -0.1) is 0 Å². The second-order valence-electron chi connectivity index (χ2n) is 4.26. The lowest BCUT2D eigenvalue weighted by atomic mass is 10.1. The largest absolute Gasteiger partial charge is 0.392 e. The fourth-order valence-corrected chi connectivity index (χ4v) is 1.76. The Hall–Kier alpha value is -1.95. The summed E-state index contributed by atoms with van der Waals surface area (Å²) in [4.78, 5) is 23.8. The van der Waals surface area contributed by atoms with E-state index in [4.69, 9.17) is 0 Å². The number of aliphatic hydroxyl groups is 1. The summed E-state index contributed by atoms with van der Waals surface area (Å²) in [5, 5.41) is 20.2. The molecule has 98 valence electrons. The SMILES string of the molecule is Cc1cccc(C(=O)N(C)CC(C)O)c1[N+](=O)[O-]. The van der Waals surface area contributed by atoms with E-state index in [1.807, 2.05) is 0 Å². The van der Waals surface area contributed by atoms with Crippen LogP contribution in [0.3, 0.4) is 0 Å². The topological polar surface area (TPSA) is 83.7 Å². The van der Waals surface area contributed by atoms with Crippen LogP contribution in [0.2, 0.25) is 0 Å². The van der Waals surface area contributed by atoms with Gasteiger partial charge in [-0.3, -0.25) is 14.9 Å². The number of hydrogen-bond donors (Lipinski definition) is 1. The van der Waals surface area contributed by atoms with Gasteiger partial charge in [0, 0.05) is 19.2 Å². The van der Waals surface area contributed by atoms with Crippen LogP contribution < -0.4 is 0 Å². The average Bonchev–Trinajstić information content (AvgIpc) is 2.26. The molecule has 0 aliphatic carbocycles. The van der Waals surface area contributed by atoms with E-state index >= 15 is 0 Å². The van der Waals surface area contributed by atoms with Crippen molar-refractivity contribution in [2.24, 2.45) is 0 Å². The van der Waals surface area contributed by atoms with Crippen LogP contribution in [-0.2, 0) is 0 Å². The molecule has 0 fully saturated rings. The third kappa shape index (κ3) is 3.04. The van der Waals surface area contributed by atoms with Crippen LogP contribution in [0.25, 0.3) is 0 Å². The smallest absolute Gasteiger partial charge is 0.285 e. The van der Waals surface area contributed by atoms with Crippen molar-refractivity contribution >= 4 is 11.6 Å². The molecule has 0 aliphatic rings. The Morgan fingerprint density at radius 1 is 1.56 bits per heavy atom. The first-order chi connectivity index (χ1) is 8.34. The van der Waals surface area contributed by atoms with E-state index in [-0.39, 0.29) is 17.8 Å². The molecule has 6 heteroatoms. The first-order valence-corrected chi connectivity index (χ1v) is 5.52. The Bertz CT molecular complexity index is 471. The third-order valence-electron chi connectivity index (χ3n) is 2.54. The maximum absolute atomic E-state index is 12.1. The molecule has 0 bridgehead atoms. The Morgan fingerprint density at radius 2 is 2.17 bits per heavy atom. The van der Waals surface area contributed by atoms with Crippen LogP contribution in [0.1, 0.15) is 22.8 Å². The molecule has 1 rings (SSSR count). The quantitative estimate of drug-likeness (QED) is 0.647. The predicted molar refractivity (Wildman–Crippen MR) is 66.5 cm³/mol. The first kappa shape index (κ1) is 14.1. The highest BCUT2D eigenvalue weighted by atomic mass is 16.6. The van der Waals surface area contributed by atoms with Crippen molar-refractivity contribution in [3.8, 4) is 0 Å².